The molecule has 0 unspecified atom stereocenters. The number of pyridine rings is 1. The summed E-state index contributed by atoms with van der Waals surface area (Å²) in [7, 11) is 1.89. The Balaban J connectivity index is 2.15. The van der Waals surface area contributed by atoms with E-state index in [1.165, 1.54) is 18.4 Å². The van der Waals surface area contributed by atoms with Gasteiger partial charge in [-0.05, 0) is 46.8 Å². The second-order valence-corrected chi connectivity index (χ2v) is 5.80. The van der Waals surface area contributed by atoms with Crippen molar-refractivity contribution in [3.05, 3.63) is 34.2 Å². The van der Waals surface area contributed by atoms with Gasteiger partial charge in [0, 0.05) is 30.9 Å². The number of hydrogen-bond acceptors (Lipinski definition) is 4. The standard InChI is InChI=1S/C15H17BrN4/c1-3-9-8-18-7-6-11(9)14-19-13(10-4-5-10)12(16)15(17-2)20-14/h6-8,10H,3-5H2,1-2H3,(H,17,19,20). The molecule has 2 aromatic heterocycles. The van der Waals surface area contributed by atoms with E-state index in [1.54, 1.807) is 6.20 Å². The third-order valence-corrected chi connectivity index (χ3v) is 4.38. The van der Waals surface area contributed by atoms with Crippen LogP contribution in [0.4, 0.5) is 5.82 Å². The van der Waals surface area contributed by atoms with Crippen LogP contribution in [0.25, 0.3) is 11.4 Å². The fraction of sp³-hybridized carbons (Fsp3) is 0.400. The minimum atomic E-state index is 0.574. The number of halogens is 1. The summed E-state index contributed by atoms with van der Waals surface area (Å²) in [6, 6.07) is 2.00. The number of anilines is 1. The number of aryl methyl sites for hydroxylation is 1. The van der Waals surface area contributed by atoms with Crippen LogP contribution in [-0.4, -0.2) is 22.0 Å². The first kappa shape index (κ1) is 13.5. The molecule has 1 N–H and O–H groups in total. The minimum Gasteiger partial charge on any atom is -0.372 e. The lowest BCUT2D eigenvalue weighted by Crippen LogP contribution is -2.04. The van der Waals surface area contributed by atoms with E-state index in [4.69, 9.17) is 4.98 Å². The van der Waals surface area contributed by atoms with E-state index in [0.717, 1.165) is 33.8 Å². The Morgan fingerprint density at radius 3 is 2.80 bits per heavy atom. The minimum absolute atomic E-state index is 0.574. The normalized spacial score (nSPS) is 14.3. The predicted molar refractivity (Wildman–Crippen MR) is 83.9 cm³/mol. The van der Waals surface area contributed by atoms with Gasteiger partial charge in [0.25, 0.3) is 0 Å². The molecule has 1 fully saturated rings. The Morgan fingerprint density at radius 2 is 2.15 bits per heavy atom. The molecule has 0 atom stereocenters. The molecule has 0 saturated heterocycles. The zero-order chi connectivity index (χ0) is 14.1. The lowest BCUT2D eigenvalue weighted by Gasteiger charge is -2.12. The summed E-state index contributed by atoms with van der Waals surface area (Å²) in [6.07, 6.45) is 7.06. The molecular weight excluding hydrogens is 316 g/mol. The van der Waals surface area contributed by atoms with Crippen LogP contribution in [0.5, 0.6) is 0 Å². The fourth-order valence-corrected chi connectivity index (χ4v) is 3.00. The number of nitrogens with zero attached hydrogens (tertiary/aromatic N) is 3. The van der Waals surface area contributed by atoms with Gasteiger partial charge < -0.3 is 5.32 Å². The highest BCUT2D eigenvalue weighted by Crippen LogP contribution is 2.44. The smallest absolute Gasteiger partial charge is 0.162 e. The van der Waals surface area contributed by atoms with Gasteiger partial charge in [-0.1, -0.05) is 6.92 Å². The maximum Gasteiger partial charge on any atom is 0.162 e. The highest BCUT2D eigenvalue weighted by Gasteiger charge is 2.29. The highest BCUT2D eigenvalue weighted by molar-refractivity contribution is 9.10. The van der Waals surface area contributed by atoms with Gasteiger partial charge in [-0.3, -0.25) is 4.98 Å². The van der Waals surface area contributed by atoms with Crippen molar-refractivity contribution in [3.63, 3.8) is 0 Å². The molecule has 1 aliphatic rings. The van der Waals surface area contributed by atoms with Crippen LogP contribution >= 0.6 is 15.9 Å². The van der Waals surface area contributed by atoms with E-state index >= 15 is 0 Å². The third-order valence-electron chi connectivity index (χ3n) is 3.60. The molecule has 0 amide bonds. The summed E-state index contributed by atoms with van der Waals surface area (Å²) < 4.78 is 0.998. The van der Waals surface area contributed by atoms with Crippen LogP contribution < -0.4 is 5.32 Å². The van der Waals surface area contributed by atoms with Gasteiger partial charge in [0.15, 0.2) is 5.82 Å². The first-order valence-electron chi connectivity index (χ1n) is 6.93. The zero-order valence-corrected chi connectivity index (χ0v) is 13.2. The molecule has 2 heterocycles. The molecule has 20 heavy (non-hydrogen) atoms. The molecule has 2 aromatic rings. The fourth-order valence-electron chi connectivity index (χ4n) is 2.30. The van der Waals surface area contributed by atoms with Crippen LogP contribution in [0, 0.1) is 0 Å². The van der Waals surface area contributed by atoms with Gasteiger partial charge in [-0.2, -0.15) is 0 Å². The topological polar surface area (TPSA) is 50.7 Å². The van der Waals surface area contributed by atoms with E-state index < -0.39 is 0 Å². The molecular formula is C15H17BrN4. The van der Waals surface area contributed by atoms with E-state index in [-0.39, 0.29) is 0 Å². The van der Waals surface area contributed by atoms with Crippen LogP contribution in [0.2, 0.25) is 0 Å². The molecule has 0 bridgehead atoms. The second-order valence-electron chi connectivity index (χ2n) is 5.01. The zero-order valence-electron chi connectivity index (χ0n) is 11.7. The summed E-state index contributed by atoms with van der Waals surface area (Å²) in [6.45, 7) is 2.13. The largest absolute Gasteiger partial charge is 0.372 e. The lowest BCUT2D eigenvalue weighted by molar-refractivity contribution is 0.974. The van der Waals surface area contributed by atoms with Crippen LogP contribution in [0.15, 0.2) is 22.9 Å². The Labute approximate surface area is 127 Å². The van der Waals surface area contributed by atoms with Gasteiger partial charge in [-0.25, -0.2) is 9.97 Å². The van der Waals surface area contributed by atoms with Crippen molar-refractivity contribution in [3.8, 4) is 11.4 Å². The Bertz CT molecular complexity index is 638. The third kappa shape index (κ3) is 2.42. The molecule has 104 valence electrons. The SMILES string of the molecule is CCc1cnccc1-c1nc(NC)c(Br)c(C2CC2)n1. The van der Waals surface area contributed by atoms with Crippen molar-refractivity contribution in [2.24, 2.45) is 0 Å². The van der Waals surface area contributed by atoms with Crippen molar-refractivity contribution in [2.45, 2.75) is 32.1 Å². The number of hydrogen-bond donors (Lipinski definition) is 1. The van der Waals surface area contributed by atoms with Crippen LogP contribution in [0.3, 0.4) is 0 Å². The highest BCUT2D eigenvalue weighted by atomic mass is 79.9. The van der Waals surface area contributed by atoms with E-state index in [2.05, 4.69) is 38.1 Å². The van der Waals surface area contributed by atoms with Crippen LogP contribution in [0.1, 0.15) is 36.9 Å². The quantitative estimate of drug-likeness (QED) is 0.925. The first-order chi connectivity index (χ1) is 9.74. The lowest BCUT2D eigenvalue weighted by atomic mass is 10.1. The van der Waals surface area contributed by atoms with E-state index in [9.17, 15) is 0 Å². The molecule has 1 aliphatic carbocycles. The van der Waals surface area contributed by atoms with Gasteiger partial charge in [0.05, 0.1) is 10.2 Å². The number of nitrogens with one attached hydrogen (secondary N) is 1. The van der Waals surface area contributed by atoms with Crippen molar-refractivity contribution in [2.75, 3.05) is 12.4 Å². The Kier molecular flexibility index (Phi) is 3.70. The van der Waals surface area contributed by atoms with E-state index in [0.29, 0.717) is 5.92 Å². The Hall–Kier alpha value is -1.49. The summed E-state index contributed by atoms with van der Waals surface area (Å²) in [4.78, 5) is 13.6. The molecule has 0 spiro atoms. The summed E-state index contributed by atoms with van der Waals surface area (Å²) in [5.41, 5.74) is 3.38. The molecule has 1 saturated carbocycles. The average molecular weight is 333 g/mol. The van der Waals surface area contributed by atoms with E-state index in [1.807, 2.05) is 19.3 Å². The second kappa shape index (κ2) is 5.48. The van der Waals surface area contributed by atoms with Gasteiger partial charge in [-0.15, -0.1) is 0 Å². The molecule has 0 radical (unpaired) electrons. The maximum atomic E-state index is 4.80. The first-order valence-corrected chi connectivity index (χ1v) is 7.72. The summed E-state index contributed by atoms with van der Waals surface area (Å²) in [5, 5.41) is 3.15. The van der Waals surface area contributed by atoms with Crippen LogP contribution in [-0.2, 0) is 6.42 Å². The predicted octanol–water partition coefficient (Wildman–Crippen LogP) is 3.78. The monoisotopic (exact) mass is 332 g/mol. The average Bonchev–Trinajstić information content (AvgIpc) is 3.32. The van der Waals surface area contributed by atoms with Gasteiger partial charge >= 0.3 is 0 Å². The molecule has 3 rings (SSSR count). The molecule has 4 nitrogen and oxygen atoms in total. The van der Waals surface area contributed by atoms with Gasteiger partial charge in [0.1, 0.15) is 5.82 Å². The van der Waals surface area contributed by atoms with Crippen molar-refractivity contribution in [1.82, 2.24) is 15.0 Å². The van der Waals surface area contributed by atoms with Crippen molar-refractivity contribution in [1.29, 1.82) is 0 Å². The van der Waals surface area contributed by atoms with Crippen molar-refractivity contribution >= 4 is 21.7 Å². The maximum absolute atomic E-state index is 4.80. The van der Waals surface area contributed by atoms with Gasteiger partial charge in [0.2, 0.25) is 0 Å². The molecule has 0 aromatic carbocycles. The molecule has 5 heteroatoms. The number of aromatic nitrogens is 3. The van der Waals surface area contributed by atoms with Crippen molar-refractivity contribution < 1.29 is 0 Å². The Morgan fingerprint density at radius 1 is 1.35 bits per heavy atom. The molecule has 0 aliphatic heterocycles. The summed E-state index contributed by atoms with van der Waals surface area (Å²) in [5.74, 6) is 2.22. The summed E-state index contributed by atoms with van der Waals surface area (Å²) >= 11 is 3.62. The number of rotatable bonds is 4.